The molecular formula is C21H19NO. The van der Waals surface area contributed by atoms with E-state index < -0.39 is 0 Å². The lowest BCUT2D eigenvalue weighted by atomic mass is 10.1. The Labute approximate surface area is 136 Å². The number of allylic oxidation sites excluding steroid dienone is 1. The molecule has 1 heterocycles. The number of aromatic amines is 1. The molecule has 1 aromatic heterocycles. The Morgan fingerprint density at radius 3 is 2.30 bits per heavy atom. The molecular weight excluding hydrogens is 282 g/mol. The number of benzene rings is 2. The summed E-state index contributed by atoms with van der Waals surface area (Å²) in [6.45, 7) is 2.14. The third-order valence-corrected chi connectivity index (χ3v) is 3.84. The highest BCUT2D eigenvalue weighted by Crippen LogP contribution is 2.24. The number of H-pyrrole nitrogens is 1. The molecule has 0 saturated carbocycles. The molecule has 0 aliphatic rings. The highest BCUT2D eigenvalue weighted by atomic mass is 16.1. The van der Waals surface area contributed by atoms with Gasteiger partial charge in [0.2, 0.25) is 0 Å². The van der Waals surface area contributed by atoms with Gasteiger partial charge in [0.25, 0.3) is 0 Å². The predicted octanol–water partition coefficient (Wildman–Crippen LogP) is 5.14. The Bertz CT molecular complexity index is 814. The number of aryl methyl sites for hydroxylation is 1. The van der Waals surface area contributed by atoms with Gasteiger partial charge in [-0.25, -0.2) is 0 Å². The quantitative estimate of drug-likeness (QED) is 0.513. The van der Waals surface area contributed by atoms with Crippen molar-refractivity contribution in [2.75, 3.05) is 0 Å². The molecule has 1 N–H and O–H groups in total. The maximum absolute atomic E-state index is 12.1. The number of rotatable bonds is 5. The normalized spacial score (nSPS) is 11.0. The zero-order valence-corrected chi connectivity index (χ0v) is 13.1. The topological polar surface area (TPSA) is 32.9 Å². The van der Waals surface area contributed by atoms with Crippen LogP contribution in [0.15, 0.2) is 72.8 Å². The summed E-state index contributed by atoms with van der Waals surface area (Å²) in [5, 5.41) is 0. The molecule has 2 heteroatoms. The molecule has 0 aliphatic carbocycles. The van der Waals surface area contributed by atoms with E-state index >= 15 is 0 Å². The van der Waals surface area contributed by atoms with Crippen LogP contribution in [0, 0.1) is 0 Å². The first-order chi connectivity index (χ1) is 11.3. The van der Waals surface area contributed by atoms with Crippen molar-refractivity contribution in [1.29, 1.82) is 0 Å². The lowest BCUT2D eigenvalue weighted by Gasteiger charge is -2.01. The Balaban J connectivity index is 1.86. The molecule has 0 spiro atoms. The van der Waals surface area contributed by atoms with Gasteiger partial charge in [-0.2, -0.15) is 0 Å². The maximum atomic E-state index is 12.1. The van der Waals surface area contributed by atoms with Crippen LogP contribution in [0.4, 0.5) is 0 Å². The minimum atomic E-state index is 0.0134. The number of hydrogen-bond acceptors (Lipinski definition) is 1. The van der Waals surface area contributed by atoms with Crippen molar-refractivity contribution < 1.29 is 4.79 Å². The first kappa shape index (κ1) is 15.0. The summed E-state index contributed by atoms with van der Waals surface area (Å²) < 4.78 is 0. The van der Waals surface area contributed by atoms with Crippen LogP contribution < -0.4 is 0 Å². The van der Waals surface area contributed by atoms with E-state index in [4.69, 9.17) is 0 Å². The SMILES string of the molecule is CCc1cc(/C=C/C(=O)c2ccccc2)[nH]c1-c1ccccc1. The van der Waals surface area contributed by atoms with Crippen molar-refractivity contribution >= 4 is 11.9 Å². The smallest absolute Gasteiger partial charge is 0.185 e. The summed E-state index contributed by atoms with van der Waals surface area (Å²) in [4.78, 5) is 15.6. The third-order valence-electron chi connectivity index (χ3n) is 3.84. The summed E-state index contributed by atoms with van der Waals surface area (Å²) in [5.41, 5.74) is 5.19. The highest BCUT2D eigenvalue weighted by Gasteiger charge is 2.07. The minimum absolute atomic E-state index is 0.0134. The number of carbonyl (C=O) groups is 1. The van der Waals surface area contributed by atoms with Gasteiger partial charge in [0.15, 0.2) is 5.78 Å². The molecule has 3 rings (SSSR count). The van der Waals surface area contributed by atoms with Crippen molar-refractivity contribution in [3.8, 4) is 11.3 Å². The molecule has 0 unspecified atom stereocenters. The van der Waals surface area contributed by atoms with E-state index in [2.05, 4.69) is 30.1 Å². The summed E-state index contributed by atoms with van der Waals surface area (Å²) in [5.74, 6) is 0.0134. The van der Waals surface area contributed by atoms with Gasteiger partial charge in [0, 0.05) is 17.0 Å². The fourth-order valence-electron chi connectivity index (χ4n) is 2.62. The van der Waals surface area contributed by atoms with Crippen LogP contribution in [0.5, 0.6) is 0 Å². The van der Waals surface area contributed by atoms with Gasteiger partial charge in [0.1, 0.15) is 0 Å². The van der Waals surface area contributed by atoms with E-state index in [1.165, 1.54) is 11.1 Å². The lowest BCUT2D eigenvalue weighted by molar-refractivity contribution is 0.104. The molecule has 0 radical (unpaired) electrons. The first-order valence-corrected chi connectivity index (χ1v) is 7.82. The van der Waals surface area contributed by atoms with E-state index in [-0.39, 0.29) is 5.78 Å². The number of aromatic nitrogens is 1. The monoisotopic (exact) mass is 301 g/mol. The average molecular weight is 301 g/mol. The van der Waals surface area contributed by atoms with Gasteiger partial charge in [-0.3, -0.25) is 4.79 Å². The van der Waals surface area contributed by atoms with Gasteiger partial charge in [0.05, 0.1) is 0 Å². The third kappa shape index (κ3) is 3.49. The molecule has 2 aromatic carbocycles. The minimum Gasteiger partial charge on any atom is -0.355 e. The van der Waals surface area contributed by atoms with Crippen molar-refractivity contribution in [2.45, 2.75) is 13.3 Å². The molecule has 114 valence electrons. The average Bonchev–Trinajstić information content (AvgIpc) is 3.04. The van der Waals surface area contributed by atoms with Crippen molar-refractivity contribution in [3.63, 3.8) is 0 Å². The summed E-state index contributed by atoms with van der Waals surface area (Å²) in [6, 6.07) is 21.7. The summed E-state index contributed by atoms with van der Waals surface area (Å²) >= 11 is 0. The number of nitrogens with one attached hydrogen (secondary N) is 1. The molecule has 0 aliphatic heterocycles. The second kappa shape index (κ2) is 6.93. The first-order valence-electron chi connectivity index (χ1n) is 7.82. The Morgan fingerprint density at radius 1 is 1.00 bits per heavy atom. The van der Waals surface area contributed by atoms with E-state index in [1.54, 1.807) is 6.08 Å². The lowest BCUT2D eigenvalue weighted by Crippen LogP contribution is -1.92. The second-order valence-corrected chi connectivity index (χ2v) is 5.41. The molecule has 0 bridgehead atoms. The van der Waals surface area contributed by atoms with Crippen LogP contribution in [-0.2, 0) is 6.42 Å². The number of carbonyl (C=O) groups excluding carboxylic acids is 1. The van der Waals surface area contributed by atoms with Crippen LogP contribution in [0.2, 0.25) is 0 Å². The zero-order valence-electron chi connectivity index (χ0n) is 13.1. The molecule has 0 saturated heterocycles. The van der Waals surface area contributed by atoms with Crippen molar-refractivity contribution in [3.05, 3.63) is 89.6 Å². The van der Waals surface area contributed by atoms with E-state index in [1.807, 2.05) is 54.6 Å². The molecule has 0 atom stereocenters. The van der Waals surface area contributed by atoms with Gasteiger partial charge >= 0.3 is 0 Å². The number of ketones is 1. The fourth-order valence-corrected chi connectivity index (χ4v) is 2.62. The summed E-state index contributed by atoms with van der Waals surface area (Å²) in [6.07, 6.45) is 4.41. The highest BCUT2D eigenvalue weighted by molar-refractivity contribution is 6.06. The molecule has 0 fully saturated rings. The molecule has 3 aromatic rings. The molecule has 0 amide bonds. The van der Waals surface area contributed by atoms with Gasteiger partial charge < -0.3 is 4.98 Å². The van der Waals surface area contributed by atoms with Gasteiger partial charge in [-0.1, -0.05) is 67.6 Å². The largest absolute Gasteiger partial charge is 0.355 e. The van der Waals surface area contributed by atoms with Crippen molar-refractivity contribution in [2.24, 2.45) is 0 Å². The van der Waals surface area contributed by atoms with Crippen LogP contribution in [0.25, 0.3) is 17.3 Å². The van der Waals surface area contributed by atoms with Crippen LogP contribution >= 0.6 is 0 Å². The maximum Gasteiger partial charge on any atom is 0.185 e. The van der Waals surface area contributed by atoms with Gasteiger partial charge in [-0.05, 0) is 35.8 Å². The fraction of sp³-hybridized carbons (Fsp3) is 0.0952. The zero-order chi connectivity index (χ0) is 16.1. The Hall–Kier alpha value is -2.87. The number of hydrogen-bond donors (Lipinski definition) is 1. The Kier molecular flexibility index (Phi) is 4.53. The van der Waals surface area contributed by atoms with E-state index in [9.17, 15) is 4.79 Å². The predicted molar refractivity (Wildman–Crippen MR) is 95.4 cm³/mol. The standard InChI is InChI=1S/C21H19NO/c1-2-16-15-19(22-21(16)18-11-7-4-8-12-18)13-14-20(23)17-9-5-3-6-10-17/h3-15,22H,2H2,1H3/b14-13+. The Morgan fingerprint density at radius 2 is 1.65 bits per heavy atom. The summed E-state index contributed by atoms with van der Waals surface area (Å²) in [7, 11) is 0. The van der Waals surface area contributed by atoms with Crippen molar-refractivity contribution in [1.82, 2.24) is 4.98 Å². The van der Waals surface area contributed by atoms with E-state index in [0.29, 0.717) is 5.56 Å². The molecule has 23 heavy (non-hydrogen) atoms. The van der Waals surface area contributed by atoms with Crippen LogP contribution in [0.1, 0.15) is 28.5 Å². The van der Waals surface area contributed by atoms with E-state index in [0.717, 1.165) is 17.8 Å². The molecule has 2 nitrogen and oxygen atoms in total. The second-order valence-electron chi connectivity index (χ2n) is 5.41. The van der Waals surface area contributed by atoms with Gasteiger partial charge in [-0.15, -0.1) is 0 Å². The van der Waals surface area contributed by atoms with Crippen LogP contribution in [-0.4, -0.2) is 10.8 Å². The van der Waals surface area contributed by atoms with Crippen LogP contribution in [0.3, 0.4) is 0 Å².